The highest BCUT2D eigenvalue weighted by molar-refractivity contribution is 5.14. The van der Waals surface area contributed by atoms with Gasteiger partial charge in [0, 0.05) is 0 Å². The second kappa shape index (κ2) is 5.52. The minimum Gasteiger partial charge on any atom is -0.0625 e. The minimum absolute atomic E-state index is 0.944. The van der Waals surface area contributed by atoms with Crippen molar-refractivity contribution in [3.63, 3.8) is 0 Å². The molecule has 1 saturated carbocycles. The van der Waals surface area contributed by atoms with Gasteiger partial charge in [-0.15, -0.1) is 0 Å². The average Bonchev–Trinajstić information content (AvgIpc) is 2.32. The van der Waals surface area contributed by atoms with Gasteiger partial charge in [-0.3, -0.25) is 0 Å². The quantitative estimate of drug-likeness (QED) is 0.687. The predicted molar refractivity (Wildman–Crippen MR) is 70.4 cm³/mol. The van der Waals surface area contributed by atoms with E-state index in [1.54, 1.807) is 0 Å². The van der Waals surface area contributed by atoms with E-state index in [9.17, 15) is 0 Å². The summed E-state index contributed by atoms with van der Waals surface area (Å²) in [7, 11) is 0. The smallest absolute Gasteiger partial charge is 0.0276 e. The van der Waals surface area contributed by atoms with Gasteiger partial charge in [-0.25, -0.2) is 0 Å². The molecule has 0 amide bonds. The molecule has 1 aromatic carbocycles. The molecule has 2 rings (SSSR count). The average molecular weight is 216 g/mol. The first kappa shape index (κ1) is 11.7. The number of hydrogen-bond donors (Lipinski definition) is 0. The zero-order chi connectivity index (χ0) is 11.4. The van der Waals surface area contributed by atoms with Crippen LogP contribution in [-0.2, 0) is 6.42 Å². The van der Waals surface area contributed by atoms with Gasteiger partial charge in [0.2, 0.25) is 0 Å². The van der Waals surface area contributed by atoms with Crippen molar-refractivity contribution in [3.8, 4) is 0 Å². The summed E-state index contributed by atoms with van der Waals surface area (Å²) in [5.41, 5.74) is 1.51. The fraction of sp³-hybridized carbons (Fsp3) is 0.625. The molecule has 1 aliphatic carbocycles. The van der Waals surface area contributed by atoms with Crippen LogP contribution < -0.4 is 0 Å². The Morgan fingerprint density at radius 2 is 1.81 bits per heavy atom. The molecule has 3 unspecified atom stereocenters. The topological polar surface area (TPSA) is 0 Å². The first-order valence-corrected chi connectivity index (χ1v) is 6.79. The van der Waals surface area contributed by atoms with E-state index in [0.29, 0.717) is 0 Å². The standard InChI is InChI=1S/C16H24/c1-13-8-9-14(2)16(12-13)11-10-15-6-4-3-5-7-15/h3-7,13-14,16H,8-12H2,1-2H3. The summed E-state index contributed by atoms with van der Waals surface area (Å²) in [5.74, 6) is 2.86. The zero-order valence-electron chi connectivity index (χ0n) is 10.7. The van der Waals surface area contributed by atoms with Crippen molar-refractivity contribution in [3.05, 3.63) is 35.9 Å². The van der Waals surface area contributed by atoms with Crippen LogP contribution in [0, 0.1) is 17.8 Å². The lowest BCUT2D eigenvalue weighted by atomic mass is 9.73. The van der Waals surface area contributed by atoms with Crippen molar-refractivity contribution in [2.24, 2.45) is 17.8 Å². The Kier molecular flexibility index (Phi) is 4.04. The van der Waals surface area contributed by atoms with Crippen molar-refractivity contribution in [2.45, 2.75) is 46.0 Å². The van der Waals surface area contributed by atoms with E-state index in [1.165, 1.54) is 37.7 Å². The van der Waals surface area contributed by atoms with Crippen molar-refractivity contribution < 1.29 is 0 Å². The third-order valence-electron chi connectivity index (χ3n) is 4.27. The Bertz CT molecular complexity index is 301. The largest absolute Gasteiger partial charge is 0.0625 e. The van der Waals surface area contributed by atoms with Crippen LogP contribution in [0.2, 0.25) is 0 Å². The van der Waals surface area contributed by atoms with Crippen molar-refractivity contribution in [1.29, 1.82) is 0 Å². The normalized spacial score (nSPS) is 30.2. The molecule has 0 heteroatoms. The van der Waals surface area contributed by atoms with Gasteiger partial charge in [-0.1, -0.05) is 57.0 Å². The molecule has 1 aromatic rings. The Morgan fingerprint density at radius 3 is 2.56 bits per heavy atom. The molecule has 0 radical (unpaired) electrons. The lowest BCUT2D eigenvalue weighted by molar-refractivity contribution is 0.193. The van der Waals surface area contributed by atoms with Gasteiger partial charge in [-0.2, -0.15) is 0 Å². The summed E-state index contributed by atoms with van der Waals surface area (Å²) in [6.07, 6.45) is 7.00. The van der Waals surface area contributed by atoms with Gasteiger partial charge in [-0.05, 0) is 42.6 Å². The molecular weight excluding hydrogens is 192 g/mol. The van der Waals surface area contributed by atoms with Gasteiger partial charge >= 0.3 is 0 Å². The third-order valence-corrected chi connectivity index (χ3v) is 4.27. The highest BCUT2D eigenvalue weighted by atomic mass is 14.3. The molecule has 1 fully saturated rings. The third kappa shape index (κ3) is 3.10. The number of rotatable bonds is 3. The van der Waals surface area contributed by atoms with Crippen LogP contribution in [0.5, 0.6) is 0 Å². The lowest BCUT2D eigenvalue weighted by Crippen LogP contribution is -2.22. The van der Waals surface area contributed by atoms with Gasteiger partial charge < -0.3 is 0 Å². The van der Waals surface area contributed by atoms with Gasteiger partial charge in [0.25, 0.3) is 0 Å². The van der Waals surface area contributed by atoms with Crippen LogP contribution >= 0.6 is 0 Å². The van der Waals surface area contributed by atoms with Crippen LogP contribution in [0.15, 0.2) is 30.3 Å². The summed E-state index contributed by atoms with van der Waals surface area (Å²) >= 11 is 0. The second-order valence-electron chi connectivity index (χ2n) is 5.68. The first-order valence-electron chi connectivity index (χ1n) is 6.79. The summed E-state index contributed by atoms with van der Waals surface area (Å²) < 4.78 is 0. The Hall–Kier alpha value is -0.780. The molecule has 1 aliphatic rings. The number of hydrogen-bond acceptors (Lipinski definition) is 0. The van der Waals surface area contributed by atoms with Crippen molar-refractivity contribution in [1.82, 2.24) is 0 Å². The second-order valence-corrected chi connectivity index (χ2v) is 5.68. The van der Waals surface area contributed by atoms with Crippen LogP contribution in [-0.4, -0.2) is 0 Å². The fourth-order valence-corrected chi connectivity index (χ4v) is 3.05. The molecule has 0 bridgehead atoms. The van der Waals surface area contributed by atoms with Gasteiger partial charge in [0.1, 0.15) is 0 Å². The lowest BCUT2D eigenvalue weighted by Gasteiger charge is -2.32. The molecule has 0 aliphatic heterocycles. The molecule has 16 heavy (non-hydrogen) atoms. The first-order chi connectivity index (χ1) is 7.75. The number of benzene rings is 1. The van der Waals surface area contributed by atoms with E-state index in [0.717, 1.165) is 17.8 Å². The summed E-state index contributed by atoms with van der Waals surface area (Å²) in [5, 5.41) is 0. The monoisotopic (exact) mass is 216 g/mol. The molecule has 0 aromatic heterocycles. The maximum Gasteiger partial charge on any atom is -0.0276 e. The molecule has 0 saturated heterocycles. The molecule has 88 valence electrons. The molecule has 3 atom stereocenters. The number of aryl methyl sites for hydroxylation is 1. The Labute approximate surface area is 100 Å². The van der Waals surface area contributed by atoms with E-state index >= 15 is 0 Å². The van der Waals surface area contributed by atoms with Crippen LogP contribution in [0.1, 0.15) is 45.1 Å². The van der Waals surface area contributed by atoms with E-state index in [4.69, 9.17) is 0 Å². The summed E-state index contributed by atoms with van der Waals surface area (Å²) in [4.78, 5) is 0. The predicted octanol–water partition coefficient (Wildman–Crippen LogP) is 4.69. The molecule has 0 N–H and O–H groups in total. The van der Waals surface area contributed by atoms with E-state index in [1.807, 2.05) is 0 Å². The molecular formula is C16H24. The van der Waals surface area contributed by atoms with Crippen molar-refractivity contribution in [2.75, 3.05) is 0 Å². The Morgan fingerprint density at radius 1 is 1.06 bits per heavy atom. The van der Waals surface area contributed by atoms with Gasteiger partial charge in [0.05, 0.1) is 0 Å². The molecule has 0 nitrogen and oxygen atoms in total. The summed E-state index contributed by atoms with van der Waals surface area (Å²) in [6, 6.07) is 10.9. The highest BCUT2D eigenvalue weighted by Crippen LogP contribution is 2.35. The minimum atomic E-state index is 0.944. The molecule has 0 heterocycles. The van der Waals surface area contributed by atoms with Gasteiger partial charge in [0.15, 0.2) is 0 Å². The highest BCUT2D eigenvalue weighted by Gasteiger charge is 2.24. The Balaban J connectivity index is 1.85. The van der Waals surface area contributed by atoms with Crippen LogP contribution in [0.3, 0.4) is 0 Å². The van der Waals surface area contributed by atoms with E-state index < -0.39 is 0 Å². The SMILES string of the molecule is CC1CCC(C)C(CCc2ccccc2)C1. The van der Waals surface area contributed by atoms with Crippen molar-refractivity contribution >= 4 is 0 Å². The molecule has 0 spiro atoms. The van der Waals surface area contributed by atoms with E-state index in [-0.39, 0.29) is 0 Å². The summed E-state index contributed by atoms with van der Waals surface area (Å²) in [6.45, 7) is 4.86. The van der Waals surface area contributed by atoms with E-state index in [2.05, 4.69) is 44.2 Å². The fourth-order valence-electron chi connectivity index (χ4n) is 3.05. The van der Waals surface area contributed by atoms with Crippen LogP contribution in [0.25, 0.3) is 0 Å². The van der Waals surface area contributed by atoms with Crippen LogP contribution in [0.4, 0.5) is 0 Å². The maximum absolute atomic E-state index is 2.45. The maximum atomic E-state index is 2.45. The zero-order valence-corrected chi connectivity index (χ0v) is 10.7.